The van der Waals surface area contributed by atoms with Gasteiger partial charge < -0.3 is 10.2 Å². The van der Waals surface area contributed by atoms with E-state index in [4.69, 9.17) is 10.2 Å². The Balaban J connectivity index is 2.04. The van der Waals surface area contributed by atoms with Gasteiger partial charge in [0.15, 0.2) is 0 Å². The molecular formula is C17H15NO2S. The highest BCUT2D eigenvalue weighted by Crippen LogP contribution is 2.35. The van der Waals surface area contributed by atoms with E-state index in [0.29, 0.717) is 11.5 Å². The van der Waals surface area contributed by atoms with Crippen molar-refractivity contribution in [1.82, 2.24) is 0 Å². The monoisotopic (exact) mass is 297 g/mol. The summed E-state index contributed by atoms with van der Waals surface area (Å²) in [5.41, 5.74) is 8.24. The Labute approximate surface area is 127 Å². The number of amides is 1. The molecule has 0 aliphatic rings. The van der Waals surface area contributed by atoms with E-state index < -0.39 is 0 Å². The van der Waals surface area contributed by atoms with Crippen LogP contribution in [0.1, 0.15) is 5.56 Å². The number of para-hydroxylation sites is 1. The molecule has 0 fully saturated rings. The molecule has 0 radical (unpaired) electrons. The Morgan fingerprint density at radius 3 is 2.52 bits per heavy atom. The van der Waals surface area contributed by atoms with Gasteiger partial charge >= 0.3 is 0 Å². The van der Waals surface area contributed by atoms with Gasteiger partial charge in [-0.15, -0.1) is 11.8 Å². The quantitative estimate of drug-likeness (QED) is 0.779. The van der Waals surface area contributed by atoms with E-state index in [2.05, 4.69) is 0 Å². The minimum Gasteiger partial charge on any atom is -0.456 e. The Morgan fingerprint density at radius 1 is 1.05 bits per heavy atom. The molecule has 3 aromatic rings. The number of fused-ring (bicyclic) bond motifs is 1. The van der Waals surface area contributed by atoms with Crippen LogP contribution < -0.4 is 5.73 Å². The Kier molecular flexibility index (Phi) is 3.97. The van der Waals surface area contributed by atoms with Crippen LogP contribution in [0.4, 0.5) is 0 Å². The van der Waals surface area contributed by atoms with Crippen molar-refractivity contribution in [3.05, 3.63) is 60.2 Å². The number of nitrogens with two attached hydrogens (primary N) is 1. The number of thioether (sulfide) groups is 1. The fourth-order valence-electron chi connectivity index (χ4n) is 2.32. The zero-order chi connectivity index (χ0) is 14.7. The zero-order valence-corrected chi connectivity index (χ0v) is 12.2. The van der Waals surface area contributed by atoms with Crippen molar-refractivity contribution in [2.75, 3.05) is 5.75 Å². The number of benzene rings is 2. The molecule has 106 valence electrons. The number of hydrogen-bond acceptors (Lipinski definition) is 3. The van der Waals surface area contributed by atoms with Crippen LogP contribution in [-0.2, 0) is 10.5 Å². The molecule has 0 aliphatic carbocycles. The molecule has 4 heteroatoms. The molecule has 0 saturated heterocycles. The summed E-state index contributed by atoms with van der Waals surface area (Å²) in [4.78, 5) is 10.9. The second kappa shape index (κ2) is 6.06. The largest absolute Gasteiger partial charge is 0.456 e. The molecule has 2 aromatic carbocycles. The number of primary amides is 1. The SMILES string of the molecule is NC(=O)CSCc1c(-c2ccccc2)oc2ccccc12. The van der Waals surface area contributed by atoms with Gasteiger partial charge in [0.25, 0.3) is 0 Å². The topological polar surface area (TPSA) is 56.2 Å². The van der Waals surface area contributed by atoms with Crippen molar-refractivity contribution in [3.63, 3.8) is 0 Å². The first-order valence-electron chi connectivity index (χ1n) is 6.67. The number of hydrogen-bond donors (Lipinski definition) is 1. The Bertz CT molecular complexity index is 765. The highest BCUT2D eigenvalue weighted by Gasteiger charge is 2.15. The lowest BCUT2D eigenvalue weighted by Gasteiger charge is -2.02. The molecule has 21 heavy (non-hydrogen) atoms. The maximum absolute atomic E-state index is 10.9. The van der Waals surface area contributed by atoms with Gasteiger partial charge in [-0.25, -0.2) is 0 Å². The Morgan fingerprint density at radius 2 is 1.76 bits per heavy atom. The lowest BCUT2D eigenvalue weighted by molar-refractivity contribution is -0.115. The van der Waals surface area contributed by atoms with Crippen molar-refractivity contribution in [2.24, 2.45) is 5.73 Å². The number of carbonyl (C=O) groups is 1. The van der Waals surface area contributed by atoms with Crippen LogP contribution in [-0.4, -0.2) is 11.7 Å². The number of furan rings is 1. The van der Waals surface area contributed by atoms with E-state index in [1.54, 1.807) is 0 Å². The van der Waals surface area contributed by atoms with Crippen molar-refractivity contribution < 1.29 is 9.21 Å². The molecule has 0 aliphatic heterocycles. The van der Waals surface area contributed by atoms with Gasteiger partial charge in [0.2, 0.25) is 5.91 Å². The molecule has 0 spiro atoms. The lowest BCUT2D eigenvalue weighted by Crippen LogP contribution is -2.13. The van der Waals surface area contributed by atoms with E-state index in [0.717, 1.165) is 27.9 Å². The zero-order valence-electron chi connectivity index (χ0n) is 11.4. The summed E-state index contributed by atoms with van der Waals surface area (Å²) in [7, 11) is 0. The molecule has 1 heterocycles. The summed E-state index contributed by atoms with van der Waals surface area (Å²) in [6, 6.07) is 18.0. The van der Waals surface area contributed by atoms with Crippen molar-refractivity contribution in [1.29, 1.82) is 0 Å². The van der Waals surface area contributed by atoms with E-state index in [-0.39, 0.29) is 5.91 Å². The van der Waals surface area contributed by atoms with Crippen molar-refractivity contribution >= 4 is 28.6 Å². The van der Waals surface area contributed by atoms with Crippen LogP contribution in [0, 0.1) is 0 Å². The fraction of sp³-hybridized carbons (Fsp3) is 0.118. The van der Waals surface area contributed by atoms with Crippen LogP contribution in [0.25, 0.3) is 22.3 Å². The van der Waals surface area contributed by atoms with E-state index in [1.807, 2.05) is 54.6 Å². The van der Waals surface area contributed by atoms with Gasteiger partial charge in [0.1, 0.15) is 11.3 Å². The maximum Gasteiger partial charge on any atom is 0.227 e. The molecule has 1 amide bonds. The third-order valence-corrected chi connectivity index (χ3v) is 4.21. The Hall–Kier alpha value is -2.20. The second-order valence-electron chi connectivity index (χ2n) is 4.73. The lowest BCUT2D eigenvalue weighted by atomic mass is 10.1. The highest BCUT2D eigenvalue weighted by atomic mass is 32.2. The third-order valence-electron chi connectivity index (χ3n) is 3.22. The van der Waals surface area contributed by atoms with Gasteiger partial charge in [0, 0.05) is 22.3 Å². The maximum atomic E-state index is 10.9. The first-order chi connectivity index (χ1) is 10.3. The predicted octanol–water partition coefficient (Wildman–Crippen LogP) is 3.82. The predicted molar refractivity (Wildman–Crippen MR) is 87.0 cm³/mol. The summed E-state index contributed by atoms with van der Waals surface area (Å²) in [5.74, 6) is 1.58. The van der Waals surface area contributed by atoms with Crippen LogP contribution in [0.3, 0.4) is 0 Å². The molecule has 2 N–H and O–H groups in total. The van der Waals surface area contributed by atoms with Gasteiger partial charge in [-0.3, -0.25) is 4.79 Å². The van der Waals surface area contributed by atoms with E-state index in [1.165, 1.54) is 11.8 Å². The van der Waals surface area contributed by atoms with Crippen LogP contribution >= 0.6 is 11.8 Å². The van der Waals surface area contributed by atoms with E-state index >= 15 is 0 Å². The van der Waals surface area contributed by atoms with Gasteiger partial charge in [-0.2, -0.15) is 0 Å². The average molecular weight is 297 g/mol. The molecule has 0 bridgehead atoms. The first kappa shape index (κ1) is 13.8. The average Bonchev–Trinajstić information content (AvgIpc) is 2.87. The molecule has 3 nitrogen and oxygen atoms in total. The fourth-order valence-corrected chi connectivity index (χ4v) is 3.11. The minimum atomic E-state index is -0.297. The van der Waals surface area contributed by atoms with Gasteiger partial charge in [-0.05, 0) is 6.07 Å². The van der Waals surface area contributed by atoms with Crippen LogP contribution in [0.15, 0.2) is 59.0 Å². The smallest absolute Gasteiger partial charge is 0.227 e. The van der Waals surface area contributed by atoms with E-state index in [9.17, 15) is 4.79 Å². The summed E-state index contributed by atoms with van der Waals surface area (Å²) < 4.78 is 6.01. The molecule has 0 unspecified atom stereocenters. The van der Waals surface area contributed by atoms with Crippen LogP contribution in [0.5, 0.6) is 0 Å². The van der Waals surface area contributed by atoms with Gasteiger partial charge in [0.05, 0.1) is 5.75 Å². The van der Waals surface area contributed by atoms with Crippen LogP contribution in [0.2, 0.25) is 0 Å². The molecule has 3 rings (SSSR count). The normalized spacial score (nSPS) is 10.9. The summed E-state index contributed by atoms with van der Waals surface area (Å²) >= 11 is 1.51. The third kappa shape index (κ3) is 2.95. The minimum absolute atomic E-state index is 0.297. The summed E-state index contributed by atoms with van der Waals surface area (Å²) in [6.45, 7) is 0. The standard InChI is InChI=1S/C17H15NO2S/c18-16(19)11-21-10-14-13-8-4-5-9-15(13)20-17(14)12-6-2-1-3-7-12/h1-9H,10-11H2,(H2,18,19). The molecule has 0 saturated carbocycles. The highest BCUT2D eigenvalue weighted by molar-refractivity contribution is 7.99. The summed E-state index contributed by atoms with van der Waals surface area (Å²) in [6.07, 6.45) is 0. The first-order valence-corrected chi connectivity index (χ1v) is 7.83. The summed E-state index contributed by atoms with van der Waals surface area (Å²) in [5, 5.41) is 1.09. The molecule has 0 atom stereocenters. The second-order valence-corrected chi connectivity index (χ2v) is 5.72. The van der Waals surface area contributed by atoms with Gasteiger partial charge in [-0.1, -0.05) is 48.5 Å². The number of carbonyl (C=O) groups excluding carboxylic acids is 1. The van der Waals surface area contributed by atoms with Crippen molar-refractivity contribution in [2.45, 2.75) is 5.75 Å². The molecular weight excluding hydrogens is 282 g/mol. The number of rotatable bonds is 5. The van der Waals surface area contributed by atoms with Crippen molar-refractivity contribution in [3.8, 4) is 11.3 Å². The molecule has 1 aromatic heterocycles.